The zero-order valence-corrected chi connectivity index (χ0v) is 31.5. The second-order valence-electron chi connectivity index (χ2n) is 14.9. The standard InChI is InChI=1S/C36H64O7Si/c1-17-24(2)32(43-44(15,16)36(9,10)11)26(4)33(41-23-28-18-20-29(38-12)21-19-28)25(3)30(39-13)22-31(40-14)27(5)42-34(37)35(6,7)8/h17-21,24-27,30-33H,1,22-23H2,2-16H3. The van der Waals surface area contributed by atoms with E-state index in [0.29, 0.717) is 13.0 Å². The van der Waals surface area contributed by atoms with Gasteiger partial charge in [0, 0.05) is 32.5 Å². The van der Waals surface area contributed by atoms with E-state index in [1.54, 1.807) is 21.3 Å². The van der Waals surface area contributed by atoms with E-state index in [1.807, 2.05) is 58.0 Å². The molecule has 0 aliphatic rings. The molecule has 0 N–H and O–H groups in total. The van der Waals surface area contributed by atoms with Gasteiger partial charge in [0.25, 0.3) is 0 Å². The number of ether oxygens (including phenoxy) is 5. The number of carbonyl (C=O) groups is 1. The van der Waals surface area contributed by atoms with Crippen molar-refractivity contribution in [3.63, 3.8) is 0 Å². The molecule has 7 nitrogen and oxygen atoms in total. The average Bonchev–Trinajstić information content (AvgIpc) is 2.95. The van der Waals surface area contributed by atoms with Gasteiger partial charge in [0.05, 0.1) is 43.5 Å². The van der Waals surface area contributed by atoms with E-state index in [-0.39, 0.29) is 53.2 Å². The molecule has 0 aliphatic carbocycles. The topological polar surface area (TPSA) is 72.5 Å². The predicted octanol–water partition coefficient (Wildman–Crippen LogP) is 8.46. The number of hydrogen-bond donors (Lipinski definition) is 0. The van der Waals surface area contributed by atoms with Crippen LogP contribution in [0.15, 0.2) is 36.9 Å². The Morgan fingerprint density at radius 3 is 1.84 bits per heavy atom. The molecule has 8 atom stereocenters. The normalized spacial score (nSPS) is 18.3. The molecule has 1 aromatic rings. The van der Waals surface area contributed by atoms with Crippen molar-refractivity contribution in [2.24, 2.45) is 23.2 Å². The monoisotopic (exact) mass is 636 g/mol. The zero-order valence-electron chi connectivity index (χ0n) is 30.5. The summed E-state index contributed by atoms with van der Waals surface area (Å²) in [5.41, 5.74) is 0.456. The van der Waals surface area contributed by atoms with Crippen LogP contribution in [0, 0.1) is 23.2 Å². The fourth-order valence-corrected chi connectivity index (χ4v) is 6.56. The van der Waals surface area contributed by atoms with Gasteiger partial charge in [0.1, 0.15) is 11.9 Å². The van der Waals surface area contributed by atoms with Gasteiger partial charge in [-0.3, -0.25) is 4.79 Å². The summed E-state index contributed by atoms with van der Waals surface area (Å²) in [5.74, 6) is 0.635. The minimum atomic E-state index is -2.12. The lowest BCUT2D eigenvalue weighted by molar-refractivity contribution is -0.167. The fourth-order valence-electron chi connectivity index (χ4n) is 5.10. The predicted molar refractivity (Wildman–Crippen MR) is 183 cm³/mol. The Hall–Kier alpha value is -1.71. The van der Waals surface area contributed by atoms with Crippen LogP contribution in [-0.4, -0.2) is 66.1 Å². The first-order valence-electron chi connectivity index (χ1n) is 16.1. The maximum atomic E-state index is 12.6. The fraction of sp³-hybridized carbons (Fsp3) is 0.750. The summed E-state index contributed by atoms with van der Waals surface area (Å²) in [6.07, 6.45) is 1.18. The number of benzene rings is 1. The van der Waals surface area contributed by atoms with E-state index in [2.05, 4.69) is 61.2 Å². The van der Waals surface area contributed by atoms with Gasteiger partial charge < -0.3 is 28.1 Å². The van der Waals surface area contributed by atoms with Gasteiger partial charge in [-0.15, -0.1) is 6.58 Å². The Morgan fingerprint density at radius 2 is 1.41 bits per heavy atom. The molecule has 254 valence electrons. The van der Waals surface area contributed by atoms with E-state index >= 15 is 0 Å². The van der Waals surface area contributed by atoms with Crippen molar-refractivity contribution in [3.05, 3.63) is 42.5 Å². The highest BCUT2D eigenvalue weighted by Crippen LogP contribution is 2.41. The van der Waals surface area contributed by atoms with Crippen LogP contribution in [0.1, 0.15) is 81.2 Å². The van der Waals surface area contributed by atoms with Gasteiger partial charge >= 0.3 is 5.97 Å². The van der Waals surface area contributed by atoms with Gasteiger partial charge in [-0.1, -0.05) is 59.8 Å². The van der Waals surface area contributed by atoms with Crippen molar-refractivity contribution in [3.8, 4) is 5.75 Å². The number of rotatable bonds is 18. The summed E-state index contributed by atoms with van der Waals surface area (Å²) >= 11 is 0. The lowest BCUT2D eigenvalue weighted by atomic mass is 9.80. The molecular formula is C36H64O7Si. The average molecular weight is 637 g/mol. The molecular weight excluding hydrogens is 572 g/mol. The quantitative estimate of drug-likeness (QED) is 0.0909. The Morgan fingerprint density at radius 1 is 0.864 bits per heavy atom. The number of methoxy groups -OCH3 is 3. The van der Waals surface area contributed by atoms with Gasteiger partial charge in [-0.2, -0.15) is 0 Å². The number of carbonyl (C=O) groups excluding carboxylic acids is 1. The molecule has 44 heavy (non-hydrogen) atoms. The van der Waals surface area contributed by atoms with E-state index < -0.39 is 19.8 Å². The first-order chi connectivity index (χ1) is 20.2. The second kappa shape index (κ2) is 17.3. The molecule has 0 fully saturated rings. The lowest BCUT2D eigenvalue weighted by Crippen LogP contribution is -2.51. The van der Waals surface area contributed by atoms with Gasteiger partial charge in [-0.25, -0.2) is 0 Å². The maximum Gasteiger partial charge on any atom is 0.311 e. The van der Waals surface area contributed by atoms with E-state index in [0.717, 1.165) is 11.3 Å². The molecule has 0 spiro atoms. The van der Waals surface area contributed by atoms with Crippen LogP contribution in [0.3, 0.4) is 0 Å². The SMILES string of the molecule is C=CC(C)C(O[Si](C)(C)C(C)(C)C)C(C)C(OCc1ccc(OC)cc1)C(C)C(CC(OC)C(C)OC(=O)C(C)(C)C)OC. The largest absolute Gasteiger partial charge is 0.497 e. The molecule has 0 aromatic heterocycles. The van der Waals surface area contributed by atoms with Crippen molar-refractivity contribution in [1.29, 1.82) is 0 Å². The van der Waals surface area contributed by atoms with Crippen LogP contribution in [-0.2, 0) is 34.8 Å². The minimum absolute atomic E-state index is 0.0140. The lowest BCUT2D eigenvalue weighted by Gasteiger charge is -2.45. The van der Waals surface area contributed by atoms with Crippen molar-refractivity contribution in [2.45, 2.75) is 131 Å². The van der Waals surface area contributed by atoms with Crippen molar-refractivity contribution >= 4 is 14.3 Å². The third-order valence-corrected chi connectivity index (χ3v) is 13.8. The molecule has 0 bridgehead atoms. The molecule has 0 aliphatic heterocycles. The molecule has 8 heteroatoms. The number of esters is 1. The Balaban J connectivity index is 3.43. The molecule has 0 heterocycles. The summed E-state index contributed by atoms with van der Waals surface area (Å²) in [6.45, 7) is 29.9. The minimum Gasteiger partial charge on any atom is -0.497 e. The zero-order chi connectivity index (χ0) is 34.0. The highest BCUT2D eigenvalue weighted by molar-refractivity contribution is 6.74. The Bertz CT molecular complexity index is 995. The van der Waals surface area contributed by atoms with Gasteiger partial charge in [-0.05, 0) is 69.4 Å². The maximum absolute atomic E-state index is 12.6. The van der Waals surface area contributed by atoms with Crippen molar-refractivity contribution in [1.82, 2.24) is 0 Å². The first-order valence-corrected chi connectivity index (χ1v) is 19.0. The van der Waals surface area contributed by atoms with Crippen LogP contribution >= 0.6 is 0 Å². The third-order valence-electron chi connectivity index (χ3n) is 9.37. The summed E-state index contributed by atoms with van der Waals surface area (Å²) in [6, 6.07) is 7.96. The summed E-state index contributed by atoms with van der Waals surface area (Å²) in [4.78, 5) is 12.6. The highest BCUT2D eigenvalue weighted by atomic mass is 28.4. The van der Waals surface area contributed by atoms with Crippen molar-refractivity contribution in [2.75, 3.05) is 21.3 Å². The van der Waals surface area contributed by atoms with Crippen LogP contribution in [0.25, 0.3) is 0 Å². The van der Waals surface area contributed by atoms with Crippen LogP contribution in [0.5, 0.6) is 5.75 Å². The molecule has 0 saturated carbocycles. The first kappa shape index (κ1) is 40.3. The number of hydrogen-bond acceptors (Lipinski definition) is 7. The molecule has 1 rings (SSSR count). The van der Waals surface area contributed by atoms with E-state index in [4.69, 9.17) is 28.1 Å². The van der Waals surface area contributed by atoms with Crippen LogP contribution in [0.2, 0.25) is 18.1 Å². The molecule has 8 unspecified atom stereocenters. The van der Waals surface area contributed by atoms with Crippen molar-refractivity contribution < 1.29 is 32.9 Å². The summed E-state index contributed by atoms with van der Waals surface area (Å²) < 4.78 is 37.1. The smallest absolute Gasteiger partial charge is 0.311 e. The molecule has 1 aromatic carbocycles. The Labute approximate surface area is 270 Å². The third kappa shape index (κ3) is 11.6. The molecule has 0 saturated heterocycles. The summed E-state index contributed by atoms with van der Waals surface area (Å²) in [7, 11) is 2.92. The van der Waals surface area contributed by atoms with Crippen LogP contribution < -0.4 is 4.74 Å². The molecule has 0 radical (unpaired) electrons. The van der Waals surface area contributed by atoms with E-state index in [1.165, 1.54) is 0 Å². The second-order valence-corrected chi connectivity index (χ2v) is 19.7. The van der Waals surface area contributed by atoms with Crippen LogP contribution in [0.4, 0.5) is 0 Å². The van der Waals surface area contributed by atoms with Gasteiger partial charge in [0.15, 0.2) is 8.32 Å². The summed E-state index contributed by atoms with van der Waals surface area (Å²) in [5, 5.41) is 0.0539. The van der Waals surface area contributed by atoms with Gasteiger partial charge in [0.2, 0.25) is 0 Å². The Kier molecular flexibility index (Phi) is 15.8. The van der Waals surface area contributed by atoms with E-state index in [9.17, 15) is 4.79 Å². The molecule has 0 amide bonds. The highest BCUT2D eigenvalue weighted by Gasteiger charge is 2.44.